The Morgan fingerprint density at radius 3 is 2.81 bits per heavy atom. The smallest absolute Gasteiger partial charge is 0.255 e. The van der Waals surface area contributed by atoms with Crippen LogP contribution in [0.1, 0.15) is 28.5 Å². The first-order valence-electron chi connectivity index (χ1n) is 8.76. The van der Waals surface area contributed by atoms with Gasteiger partial charge in [-0.15, -0.1) is 0 Å². The predicted octanol–water partition coefficient (Wildman–Crippen LogP) is 1.74. The molecule has 4 heterocycles. The van der Waals surface area contributed by atoms with E-state index in [1.807, 2.05) is 26.1 Å². The van der Waals surface area contributed by atoms with Gasteiger partial charge in [-0.3, -0.25) is 14.7 Å². The number of aryl methyl sites for hydroxylation is 1. The number of aromatic nitrogens is 5. The van der Waals surface area contributed by atoms with Crippen molar-refractivity contribution < 1.29 is 0 Å². The van der Waals surface area contributed by atoms with Gasteiger partial charge in [0.15, 0.2) is 0 Å². The monoisotopic (exact) mass is 350 g/mol. The Bertz CT molecular complexity index is 1000. The summed E-state index contributed by atoms with van der Waals surface area (Å²) in [7, 11) is 2.04. The Kier molecular flexibility index (Phi) is 4.16. The Hall–Kier alpha value is -2.80. The molecule has 134 valence electrons. The number of nitrogens with one attached hydrogen (secondary N) is 1. The van der Waals surface area contributed by atoms with E-state index in [2.05, 4.69) is 36.3 Å². The van der Waals surface area contributed by atoms with Crippen molar-refractivity contribution in [3.05, 3.63) is 63.3 Å². The summed E-state index contributed by atoms with van der Waals surface area (Å²) in [6.45, 7) is 6.29. The Morgan fingerprint density at radius 1 is 1.27 bits per heavy atom. The minimum atomic E-state index is -0.0641. The first-order valence-corrected chi connectivity index (χ1v) is 8.76. The molecule has 0 bridgehead atoms. The molecule has 1 N–H and O–H groups in total. The molecule has 26 heavy (non-hydrogen) atoms. The molecule has 0 atom stereocenters. The number of rotatable bonds is 3. The van der Waals surface area contributed by atoms with E-state index in [1.54, 1.807) is 12.4 Å². The molecule has 4 rings (SSSR count). The van der Waals surface area contributed by atoms with Gasteiger partial charge in [0.2, 0.25) is 0 Å². The summed E-state index contributed by atoms with van der Waals surface area (Å²) in [4.78, 5) is 31.2. The third-order valence-corrected chi connectivity index (χ3v) is 5.16. The van der Waals surface area contributed by atoms with Crippen LogP contribution in [0.4, 0.5) is 0 Å². The summed E-state index contributed by atoms with van der Waals surface area (Å²) in [5, 5.41) is 0. The summed E-state index contributed by atoms with van der Waals surface area (Å²) >= 11 is 0. The third-order valence-electron chi connectivity index (χ3n) is 5.16. The van der Waals surface area contributed by atoms with E-state index in [4.69, 9.17) is 0 Å². The van der Waals surface area contributed by atoms with Gasteiger partial charge in [-0.05, 0) is 26.0 Å². The van der Waals surface area contributed by atoms with Crippen molar-refractivity contribution in [2.45, 2.75) is 33.4 Å². The van der Waals surface area contributed by atoms with Crippen molar-refractivity contribution in [2.75, 3.05) is 6.54 Å². The highest BCUT2D eigenvalue weighted by molar-refractivity contribution is 5.53. The molecule has 1 aliphatic rings. The average molecular weight is 350 g/mol. The largest absolute Gasteiger partial charge is 0.334 e. The van der Waals surface area contributed by atoms with Gasteiger partial charge in [0.25, 0.3) is 5.56 Å². The molecule has 0 saturated carbocycles. The number of aromatic amines is 1. The van der Waals surface area contributed by atoms with Crippen molar-refractivity contribution in [1.29, 1.82) is 0 Å². The van der Waals surface area contributed by atoms with Crippen molar-refractivity contribution in [2.24, 2.45) is 7.05 Å². The number of H-pyrrole nitrogens is 1. The molecule has 0 unspecified atom stereocenters. The van der Waals surface area contributed by atoms with Gasteiger partial charge >= 0.3 is 0 Å². The fourth-order valence-electron chi connectivity index (χ4n) is 3.38. The lowest BCUT2D eigenvalue weighted by Crippen LogP contribution is -2.36. The van der Waals surface area contributed by atoms with Crippen molar-refractivity contribution in [1.82, 2.24) is 29.4 Å². The fraction of sp³-hybridized carbons (Fsp3) is 0.368. The summed E-state index contributed by atoms with van der Waals surface area (Å²) in [5.74, 6) is 1.62. The molecular weight excluding hydrogens is 328 g/mol. The van der Waals surface area contributed by atoms with Gasteiger partial charge < -0.3 is 9.55 Å². The molecule has 1 aliphatic heterocycles. The molecule has 3 aromatic heterocycles. The fourth-order valence-corrected chi connectivity index (χ4v) is 3.38. The molecule has 0 aliphatic carbocycles. The Labute approximate surface area is 151 Å². The van der Waals surface area contributed by atoms with Gasteiger partial charge in [-0.2, -0.15) is 0 Å². The second kappa shape index (κ2) is 6.49. The summed E-state index contributed by atoms with van der Waals surface area (Å²) in [6.07, 6.45) is 4.18. The standard InChI is InChI=1S/C19H22N6O/c1-12-13(2)24(3)17(21-12)11-25-8-6-16-15(10-25)19(26)23-18(22-16)14-5-4-7-20-9-14/h4-5,7,9H,6,8,10-11H2,1-3H3,(H,22,23,26). The average Bonchev–Trinajstić information content (AvgIpc) is 2.89. The predicted molar refractivity (Wildman–Crippen MR) is 98.6 cm³/mol. The van der Waals surface area contributed by atoms with Crippen LogP contribution in [0.15, 0.2) is 29.3 Å². The molecule has 0 spiro atoms. The lowest BCUT2D eigenvalue weighted by Gasteiger charge is -2.27. The van der Waals surface area contributed by atoms with Crippen LogP contribution in [-0.4, -0.2) is 35.9 Å². The zero-order valence-electron chi connectivity index (χ0n) is 15.3. The molecule has 0 amide bonds. The molecule has 0 radical (unpaired) electrons. The van der Waals surface area contributed by atoms with E-state index < -0.39 is 0 Å². The zero-order valence-corrected chi connectivity index (χ0v) is 15.3. The molecule has 7 nitrogen and oxygen atoms in total. The maximum atomic E-state index is 12.6. The number of hydrogen-bond donors (Lipinski definition) is 1. The molecule has 7 heteroatoms. The second-order valence-corrected chi connectivity index (χ2v) is 6.80. The zero-order chi connectivity index (χ0) is 18.3. The minimum Gasteiger partial charge on any atom is -0.334 e. The second-order valence-electron chi connectivity index (χ2n) is 6.80. The quantitative estimate of drug-likeness (QED) is 0.778. The summed E-state index contributed by atoms with van der Waals surface area (Å²) in [5.41, 5.74) is 4.64. The molecule has 0 fully saturated rings. The van der Waals surface area contributed by atoms with Crippen molar-refractivity contribution in [3.63, 3.8) is 0 Å². The van der Waals surface area contributed by atoms with Gasteiger partial charge in [0.05, 0.1) is 23.5 Å². The first kappa shape index (κ1) is 16.7. The van der Waals surface area contributed by atoms with Gasteiger partial charge in [0.1, 0.15) is 11.6 Å². The highest BCUT2D eigenvalue weighted by Gasteiger charge is 2.23. The summed E-state index contributed by atoms with van der Waals surface area (Å²) < 4.78 is 2.12. The Balaban J connectivity index is 1.59. The molecule has 0 aromatic carbocycles. The van der Waals surface area contributed by atoms with E-state index in [0.717, 1.165) is 47.8 Å². The van der Waals surface area contributed by atoms with Gasteiger partial charge in [-0.1, -0.05) is 0 Å². The number of pyridine rings is 1. The maximum absolute atomic E-state index is 12.6. The number of fused-ring (bicyclic) bond motifs is 1. The molecular formula is C19H22N6O. The first-order chi connectivity index (χ1) is 12.5. The lowest BCUT2D eigenvalue weighted by molar-refractivity contribution is 0.233. The van der Waals surface area contributed by atoms with Crippen LogP contribution in [-0.2, 0) is 26.6 Å². The van der Waals surface area contributed by atoms with Crippen LogP contribution in [0.5, 0.6) is 0 Å². The molecule has 0 saturated heterocycles. The highest BCUT2D eigenvalue weighted by Crippen LogP contribution is 2.20. The van der Waals surface area contributed by atoms with Crippen LogP contribution in [0.25, 0.3) is 11.4 Å². The number of imidazole rings is 1. The topological polar surface area (TPSA) is 79.7 Å². The van der Waals surface area contributed by atoms with Gasteiger partial charge in [-0.25, -0.2) is 9.97 Å². The van der Waals surface area contributed by atoms with Crippen molar-refractivity contribution in [3.8, 4) is 11.4 Å². The van der Waals surface area contributed by atoms with E-state index in [9.17, 15) is 4.79 Å². The van der Waals surface area contributed by atoms with Crippen LogP contribution in [0.2, 0.25) is 0 Å². The van der Waals surface area contributed by atoms with Gasteiger partial charge in [0, 0.05) is 50.2 Å². The van der Waals surface area contributed by atoms with Crippen LogP contribution in [0, 0.1) is 13.8 Å². The Morgan fingerprint density at radius 2 is 2.12 bits per heavy atom. The third kappa shape index (κ3) is 2.94. The van der Waals surface area contributed by atoms with Crippen molar-refractivity contribution >= 4 is 0 Å². The van der Waals surface area contributed by atoms with Crippen LogP contribution < -0.4 is 5.56 Å². The van der Waals surface area contributed by atoms with E-state index >= 15 is 0 Å². The van der Waals surface area contributed by atoms with E-state index in [1.165, 1.54) is 5.69 Å². The summed E-state index contributed by atoms with van der Waals surface area (Å²) in [6, 6.07) is 3.74. The SMILES string of the molecule is Cc1nc(CN2CCc3nc(-c4cccnc4)[nH]c(=O)c3C2)n(C)c1C. The number of nitrogens with zero attached hydrogens (tertiary/aromatic N) is 5. The van der Waals surface area contributed by atoms with Crippen LogP contribution >= 0.6 is 0 Å². The van der Waals surface area contributed by atoms with E-state index in [-0.39, 0.29) is 5.56 Å². The van der Waals surface area contributed by atoms with E-state index in [0.29, 0.717) is 12.4 Å². The lowest BCUT2D eigenvalue weighted by atomic mass is 10.1. The highest BCUT2D eigenvalue weighted by atomic mass is 16.1. The van der Waals surface area contributed by atoms with Crippen LogP contribution in [0.3, 0.4) is 0 Å². The normalized spacial score (nSPS) is 14.4. The number of hydrogen-bond acceptors (Lipinski definition) is 5. The minimum absolute atomic E-state index is 0.0641. The maximum Gasteiger partial charge on any atom is 0.255 e. The molecule has 3 aromatic rings.